The average molecular weight is 360 g/mol. The van der Waals surface area contributed by atoms with E-state index in [0.717, 1.165) is 26.6 Å². The molecule has 4 rings (SSSR count). The van der Waals surface area contributed by atoms with Crippen molar-refractivity contribution in [2.75, 3.05) is 0 Å². The third-order valence-corrected chi connectivity index (χ3v) is 4.85. The topological polar surface area (TPSA) is 51.2 Å². The number of benzene rings is 2. The normalized spacial score (nSPS) is 10.6. The lowest BCUT2D eigenvalue weighted by Gasteiger charge is -2.05. The third kappa shape index (κ3) is 3.73. The molecule has 0 fully saturated rings. The highest BCUT2D eigenvalue weighted by molar-refractivity contribution is 7.13. The van der Waals surface area contributed by atoms with Crippen LogP contribution in [0.4, 0.5) is 0 Å². The number of rotatable bonds is 5. The minimum atomic E-state index is -0.102. The van der Waals surface area contributed by atoms with Crippen LogP contribution in [-0.4, -0.2) is 10.9 Å². The highest BCUT2D eigenvalue weighted by Gasteiger charge is 2.08. The first kappa shape index (κ1) is 16.3. The van der Waals surface area contributed by atoms with Crippen LogP contribution < -0.4 is 10.1 Å². The van der Waals surface area contributed by atoms with Crippen LogP contribution in [0, 0.1) is 0 Å². The molecule has 0 saturated heterocycles. The van der Waals surface area contributed by atoms with Crippen molar-refractivity contribution in [2.45, 2.75) is 6.54 Å². The van der Waals surface area contributed by atoms with Gasteiger partial charge in [-0.1, -0.05) is 24.3 Å². The molecule has 1 N–H and O–H groups in total. The molecule has 26 heavy (non-hydrogen) atoms. The molecule has 0 saturated carbocycles. The maximum atomic E-state index is 12.4. The number of fused-ring (bicyclic) bond motifs is 1. The van der Waals surface area contributed by atoms with E-state index in [2.05, 4.69) is 10.3 Å². The van der Waals surface area contributed by atoms with Crippen molar-refractivity contribution in [3.63, 3.8) is 0 Å². The van der Waals surface area contributed by atoms with Gasteiger partial charge in [0.2, 0.25) is 0 Å². The Hall–Kier alpha value is -3.18. The largest absolute Gasteiger partial charge is 0.447 e. The molecule has 5 heteroatoms. The van der Waals surface area contributed by atoms with Crippen molar-refractivity contribution in [3.05, 3.63) is 89.4 Å². The number of ether oxygens (including phenoxy) is 1. The van der Waals surface area contributed by atoms with Gasteiger partial charge < -0.3 is 10.1 Å². The molecular weight excluding hydrogens is 344 g/mol. The summed E-state index contributed by atoms with van der Waals surface area (Å²) in [7, 11) is 0. The minimum absolute atomic E-state index is 0.102. The summed E-state index contributed by atoms with van der Waals surface area (Å²) in [4.78, 5) is 17.7. The maximum Gasteiger partial charge on any atom is 0.251 e. The van der Waals surface area contributed by atoms with E-state index in [1.807, 2.05) is 66.7 Å². The van der Waals surface area contributed by atoms with Crippen molar-refractivity contribution in [2.24, 2.45) is 0 Å². The molecule has 0 bridgehead atoms. The number of hydrogen-bond donors (Lipinski definition) is 1. The summed E-state index contributed by atoms with van der Waals surface area (Å²) >= 11 is 1.52. The Kier molecular flexibility index (Phi) is 4.62. The predicted octanol–water partition coefficient (Wildman–Crippen LogP) is 5.02. The van der Waals surface area contributed by atoms with Crippen LogP contribution in [0.1, 0.15) is 15.2 Å². The van der Waals surface area contributed by atoms with E-state index >= 15 is 0 Å². The van der Waals surface area contributed by atoms with Gasteiger partial charge in [0.25, 0.3) is 5.91 Å². The number of carbonyl (C=O) groups excluding carboxylic acids is 1. The number of carbonyl (C=O) groups is 1. The molecule has 128 valence electrons. The first-order chi connectivity index (χ1) is 12.8. The number of para-hydroxylation sites is 1. The number of nitrogens with zero attached hydrogens (tertiary/aromatic N) is 1. The fraction of sp³-hybridized carbons (Fsp3) is 0.0476. The van der Waals surface area contributed by atoms with E-state index in [4.69, 9.17) is 4.74 Å². The lowest BCUT2D eigenvalue weighted by molar-refractivity contribution is 0.0951. The second-order valence-corrected chi connectivity index (χ2v) is 6.86. The number of nitrogens with one attached hydrogen (secondary N) is 1. The van der Waals surface area contributed by atoms with Crippen molar-refractivity contribution in [1.82, 2.24) is 10.3 Å². The number of amides is 1. The average Bonchev–Trinajstić information content (AvgIpc) is 3.14. The number of hydrogen-bond acceptors (Lipinski definition) is 4. The van der Waals surface area contributed by atoms with Gasteiger partial charge in [0.1, 0.15) is 5.75 Å². The SMILES string of the molecule is O=C(NCc1ccc(Oc2ccccc2)s1)c1ccc2ncccc2c1. The minimum Gasteiger partial charge on any atom is -0.447 e. The molecule has 2 heterocycles. The van der Waals surface area contributed by atoms with E-state index in [1.165, 1.54) is 11.3 Å². The molecule has 4 aromatic rings. The van der Waals surface area contributed by atoms with E-state index in [-0.39, 0.29) is 5.91 Å². The molecule has 0 aliphatic heterocycles. The fourth-order valence-corrected chi connectivity index (χ4v) is 3.41. The molecule has 2 aromatic heterocycles. The maximum absolute atomic E-state index is 12.4. The first-order valence-electron chi connectivity index (χ1n) is 8.22. The molecule has 0 spiro atoms. The zero-order chi connectivity index (χ0) is 17.8. The summed E-state index contributed by atoms with van der Waals surface area (Å²) in [6.07, 6.45) is 1.74. The van der Waals surface area contributed by atoms with E-state index in [0.29, 0.717) is 12.1 Å². The smallest absolute Gasteiger partial charge is 0.251 e. The Morgan fingerprint density at radius 3 is 2.77 bits per heavy atom. The van der Waals surface area contributed by atoms with Gasteiger partial charge in [-0.3, -0.25) is 9.78 Å². The van der Waals surface area contributed by atoms with Gasteiger partial charge in [-0.25, -0.2) is 0 Å². The Labute approximate surface area is 155 Å². The summed E-state index contributed by atoms with van der Waals surface area (Å²) < 4.78 is 5.80. The summed E-state index contributed by atoms with van der Waals surface area (Å²) in [5, 5.41) is 4.71. The molecule has 0 atom stereocenters. The van der Waals surface area contributed by atoms with Gasteiger partial charge in [-0.2, -0.15) is 0 Å². The zero-order valence-corrected chi connectivity index (χ0v) is 14.7. The molecule has 4 nitrogen and oxygen atoms in total. The quantitative estimate of drug-likeness (QED) is 0.544. The number of aromatic nitrogens is 1. The number of thiophene rings is 1. The van der Waals surface area contributed by atoms with Crippen LogP contribution in [0.3, 0.4) is 0 Å². The van der Waals surface area contributed by atoms with Crippen LogP contribution in [0.15, 0.2) is 79.0 Å². The third-order valence-electron chi connectivity index (χ3n) is 3.89. The molecular formula is C21H16N2O2S. The highest BCUT2D eigenvalue weighted by atomic mass is 32.1. The summed E-state index contributed by atoms with van der Waals surface area (Å²) in [5.41, 5.74) is 1.51. The first-order valence-corrected chi connectivity index (χ1v) is 9.04. The summed E-state index contributed by atoms with van der Waals surface area (Å²) in [6, 6.07) is 22.9. The standard InChI is InChI=1S/C21H16N2O2S/c24-21(16-8-10-19-15(13-16)5-4-12-22-19)23-14-18-9-11-20(26-18)25-17-6-2-1-3-7-17/h1-13H,14H2,(H,23,24). The van der Waals surface area contributed by atoms with Gasteiger partial charge in [0.15, 0.2) is 5.06 Å². The van der Waals surface area contributed by atoms with Crippen molar-refractivity contribution < 1.29 is 9.53 Å². The summed E-state index contributed by atoms with van der Waals surface area (Å²) in [6.45, 7) is 0.465. The van der Waals surface area contributed by atoms with Crippen LogP contribution in [0.25, 0.3) is 10.9 Å². The van der Waals surface area contributed by atoms with Crippen molar-refractivity contribution in [3.8, 4) is 10.8 Å². The lowest BCUT2D eigenvalue weighted by Crippen LogP contribution is -2.22. The van der Waals surface area contributed by atoms with Crippen LogP contribution in [-0.2, 0) is 6.54 Å². The Balaban J connectivity index is 1.39. The van der Waals surface area contributed by atoms with E-state index in [9.17, 15) is 4.79 Å². The summed E-state index contributed by atoms with van der Waals surface area (Å²) in [5.74, 6) is 0.699. The van der Waals surface area contributed by atoms with Crippen LogP contribution in [0.2, 0.25) is 0 Å². The van der Waals surface area contributed by atoms with Crippen molar-refractivity contribution >= 4 is 28.1 Å². The Morgan fingerprint density at radius 1 is 1.00 bits per heavy atom. The predicted molar refractivity (Wildman–Crippen MR) is 104 cm³/mol. The molecule has 0 aliphatic carbocycles. The van der Waals surface area contributed by atoms with Gasteiger partial charge in [0.05, 0.1) is 12.1 Å². The van der Waals surface area contributed by atoms with Gasteiger partial charge in [-0.05, 0) is 48.5 Å². The van der Waals surface area contributed by atoms with E-state index in [1.54, 1.807) is 12.3 Å². The Bertz CT molecular complexity index is 1040. The molecule has 0 unspecified atom stereocenters. The lowest BCUT2D eigenvalue weighted by atomic mass is 10.1. The second kappa shape index (κ2) is 7.37. The fourth-order valence-electron chi connectivity index (χ4n) is 2.60. The van der Waals surface area contributed by atoms with E-state index < -0.39 is 0 Å². The van der Waals surface area contributed by atoms with Crippen molar-refractivity contribution in [1.29, 1.82) is 0 Å². The van der Waals surface area contributed by atoms with Gasteiger partial charge in [-0.15, -0.1) is 11.3 Å². The highest BCUT2D eigenvalue weighted by Crippen LogP contribution is 2.29. The van der Waals surface area contributed by atoms with Crippen LogP contribution in [0.5, 0.6) is 10.8 Å². The molecule has 2 aromatic carbocycles. The zero-order valence-electron chi connectivity index (χ0n) is 13.9. The number of pyridine rings is 1. The molecule has 0 radical (unpaired) electrons. The molecule has 0 aliphatic rings. The molecule has 1 amide bonds. The van der Waals surface area contributed by atoms with Gasteiger partial charge >= 0.3 is 0 Å². The second-order valence-electron chi connectivity index (χ2n) is 5.73. The van der Waals surface area contributed by atoms with Crippen LogP contribution >= 0.6 is 11.3 Å². The van der Waals surface area contributed by atoms with Gasteiger partial charge in [0, 0.05) is 22.0 Å². The Morgan fingerprint density at radius 2 is 1.88 bits per heavy atom. The monoisotopic (exact) mass is 360 g/mol.